The number of fused-ring (bicyclic) bond motifs is 1. The van der Waals surface area contributed by atoms with Gasteiger partial charge >= 0.3 is 5.63 Å². The molecule has 0 amide bonds. The Kier molecular flexibility index (Phi) is 6.28. The molecule has 5 nitrogen and oxygen atoms in total. The number of methoxy groups -OCH3 is 1. The molecule has 0 spiro atoms. The quantitative estimate of drug-likeness (QED) is 0.588. The SMILES string of the molecule is COc1c(O)c2cccc(OC/C=C(\C)CCC=C(C)C)c2oc1=O. The highest BCUT2D eigenvalue weighted by Crippen LogP contribution is 2.35. The van der Waals surface area contributed by atoms with Gasteiger partial charge < -0.3 is 19.0 Å². The molecule has 0 atom stereocenters. The smallest absolute Gasteiger partial charge is 0.383 e. The Morgan fingerprint density at radius 1 is 1.24 bits per heavy atom. The summed E-state index contributed by atoms with van der Waals surface area (Å²) in [5.41, 5.74) is 2.01. The molecule has 1 aromatic carbocycles. The van der Waals surface area contributed by atoms with Gasteiger partial charge in [-0.1, -0.05) is 23.3 Å². The molecule has 134 valence electrons. The molecule has 0 bridgehead atoms. The van der Waals surface area contributed by atoms with Crippen molar-refractivity contribution in [3.63, 3.8) is 0 Å². The van der Waals surface area contributed by atoms with E-state index in [1.54, 1.807) is 18.2 Å². The van der Waals surface area contributed by atoms with Crippen LogP contribution in [0.3, 0.4) is 0 Å². The van der Waals surface area contributed by atoms with E-state index in [2.05, 4.69) is 26.8 Å². The standard InChI is InChI=1S/C20H24O5/c1-13(2)7-5-8-14(3)11-12-24-16-10-6-9-15-17(21)19(23-4)20(22)25-18(15)16/h6-7,9-11,21H,5,8,12H2,1-4H3/b14-11+. The van der Waals surface area contributed by atoms with Gasteiger partial charge in [-0.2, -0.15) is 0 Å². The zero-order chi connectivity index (χ0) is 18.4. The van der Waals surface area contributed by atoms with Crippen molar-refractivity contribution >= 4 is 11.0 Å². The van der Waals surface area contributed by atoms with E-state index < -0.39 is 5.63 Å². The van der Waals surface area contributed by atoms with Crippen LogP contribution in [0, 0.1) is 0 Å². The second-order valence-corrected chi connectivity index (χ2v) is 6.09. The number of ether oxygens (including phenoxy) is 2. The van der Waals surface area contributed by atoms with Crippen molar-refractivity contribution in [2.24, 2.45) is 0 Å². The summed E-state index contributed by atoms with van der Waals surface area (Å²) in [6, 6.07) is 5.06. The summed E-state index contributed by atoms with van der Waals surface area (Å²) in [5, 5.41) is 10.5. The summed E-state index contributed by atoms with van der Waals surface area (Å²) in [5.74, 6) is -0.0480. The van der Waals surface area contributed by atoms with E-state index >= 15 is 0 Å². The average Bonchev–Trinajstić information content (AvgIpc) is 2.55. The van der Waals surface area contributed by atoms with Crippen molar-refractivity contribution < 1.29 is 19.0 Å². The second-order valence-electron chi connectivity index (χ2n) is 6.09. The molecular formula is C20H24O5. The molecular weight excluding hydrogens is 320 g/mol. The van der Waals surface area contributed by atoms with Gasteiger partial charge in [0.2, 0.25) is 5.75 Å². The Morgan fingerprint density at radius 3 is 2.68 bits per heavy atom. The fourth-order valence-corrected chi connectivity index (χ4v) is 2.42. The number of benzene rings is 1. The first-order chi connectivity index (χ1) is 11.9. The molecule has 0 aliphatic heterocycles. The molecule has 0 saturated heterocycles. The lowest BCUT2D eigenvalue weighted by Gasteiger charge is -2.09. The topological polar surface area (TPSA) is 68.9 Å². The number of allylic oxidation sites excluding steroid dienone is 3. The van der Waals surface area contributed by atoms with Crippen molar-refractivity contribution in [2.45, 2.75) is 33.6 Å². The van der Waals surface area contributed by atoms with Crippen molar-refractivity contribution in [1.29, 1.82) is 0 Å². The first kappa shape index (κ1) is 18.6. The highest BCUT2D eigenvalue weighted by atomic mass is 16.5. The Labute approximate surface area is 147 Å². The fourth-order valence-electron chi connectivity index (χ4n) is 2.42. The summed E-state index contributed by atoms with van der Waals surface area (Å²) < 4.78 is 15.9. The minimum absolute atomic E-state index is 0.209. The van der Waals surface area contributed by atoms with Gasteiger partial charge in [0.1, 0.15) is 6.61 Å². The third kappa shape index (κ3) is 4.66. The molecule has 2 aromatic rings. The Bertz CT molecular complexity index is 854. The maximum Gasteiger partial charge on any atom is 0.383 e. The molecule has 1 aromatic heterocycles. The number of para-hydroxylation sites is 1. The van der Waals surface area contributed by atoms with Gasteiger partial charge in [0.15, 0.2) is 17.1 Å². The van der Waals surface area contributed by atoms with Gasteiger partial charge in [-0.05, 0) is 51.8 Å². The number of hydrogen-bond donors (Lipinski definition) is 1. The van der Waals surface area contributed by atoms with Crippen LogP contribution in [-0.4, -0.2) is 18.8 Å². The van der Waals surface area contributed by atoms with E-state index in [1.807, 2.05) is 6.08 Å². The summed E-state index contributed by atoms with van der Waals surface area (Å²) >= 11 is 0. The minimum atomic E-state index is -0.739. The molecule has 1 heterocycles. The van der Waals surface area contributed by atoms with Gasteiger partial charge in [-0.3, -0.25) is 0 Å². The van der Waals surface area contributed by atoms with Crippen LogP contribution in [0.25, 0.3) is 11.0 Å². The maximum atomic E-state index is 11.9. The van der Waals surface area contributed by atoms with Crippen LogP contribution in [0.5, 0.6) is 17.2 Å². The predicted octanol–water partition coefficient (Wildman–Crippen LogP) is 4.58. The Morgan fingerprint density at radius 2 is 2.00 bits per heavy atom. The Hall–Kier alpha value is -2.69. The third-order valence-corrected chi connectivity index (χ3v) is 3.80. The van der Waals surface area contributed by atoms with E-state index in [0.717, 1.165) is 12.8 Å². The van der Waals surface area contributed by atoms with Crippen LogP contribution in [0.2, 0.25) is 0 Å². The molecule has 2 rings (SSSR count). The first-order valence-corrected chi connectivity index (χ1v) is 8.18. The maximum absolute atomic E-state index is 11.9. The summed E-state index contributed by atoms with van der Waals surface area (Å²) in [6.45, 7) is 6.58. The third-order valence-electron chi connectivity index (χ3n) is 3.80. The zero-order valence-corrected chi connectivity index (χ0v) is 15.1. The van der Waals surface area contributed by atoms with Crippen LogP contribution < -0.4 is 15.1 Å². The highest BCUT2D eigenvalue weighted by molar-refractivity contribution is 5.89. The van der Waals surface area contributed by atoms with Gasteiger partial charge in [0.05, 0.1) is 12.5 Å². The zero-order valence-electron chi connectivity index (χ0n) is 15.1. The van der Waals surface area contributed by atoms with Gasteiger partial charge in [-0.15, -0.1) is 0 Å². The van der Waals surface area contributed by atoms with Gasteiger partial charge in [-0.25, -0.2) is 4.79 Å². The second kappa shape index (κ2) is 8.42. The van der Waals surface area contributed by atoms with Crippen LogP contribution in [0.1, 0.15) is 33.6 Å². The van der Waals surface area contributed by atoms with Crippen LogP contribution in [0.4, 0.5) is 0 Å². The van der Waals surface area contributed by atoms with Crippen molar-refractivity contribution in [1.82, 2.24) is 0 Å². The van der Waals surface area contributed by atoms with Gasteiger partial charge in [0.25, 0.3) is 0 Å². The highest BCUT2D eigenvalue weighted by Gasteiger charge is 2.16. The molecule has 0 fully saturated rings. The molecule has 0 aliphatic carbocycles. The van der Waals surface area contributed by atoms with Gasteiger partial charge in [0, 0.05) is 0 Å². The van der Waals surface area contributed by atoms with E-state index in [0.29, 0.717) is 17.7 Å². The molecule has 1 N–H and O–H groups in total. The molecule has 0 radical (unpaired) electrons. The van der Waals surface area contributed by atoms with Crippen LogP contribution in [-0.2, 0) is 0 Å². The van der Waals surface area contributed by atoms with Crippen molar-refractivity contribution in [2.75, 3.05) is 13.7 Å². The van der Waals surface area contributed by atoms with Crippen molar-refractivity contribution in [3.05, 3.63) is 51.9 Å². The van der Waals surface area contributed by atoms with E-state index in [4.69, 9.17) is 13.9 Å². The van der Waals surface area contributed by atoms with E-state index in [9.17, 15) is 9.90 Å². The summed E-state index contributed by atoms with van der Waals surface area (Å²) in [6.07, 6.45) is 6.17. The lowest BCUT2D eigenvalue weighted by molar-refractivity contribution is 0.339. The van der Waals surface area contributed by atoms with Crippen molar-refractivity contribution in [3.8, 4) is 17.2 Å². The minimum Gasteiger partial charge on any atom is -0.504 e. The van der Waals surface area contributed by atoms with Crippen LogP contribution >= 0.6 is 0 Å². The average molecular weight is 344 g/mol. The first-order valence-electron chi connectivity index (χ1n) is 8.18. The van der Waals surface area contributed by atoms with E-state index in [-0.39, 0.29) is 17.1 Å². The monoisotopic (exact) mass is 344 g/mol. The number of hydrogen-bond acceptors (Lipinski definition) is 5. The number of rotatable bonds is 7. The molecule has 0 aliphatic rings. The van der Waals surface area contributed by atoms with E-state index in [1.165, 1.54) is 18.3 Å². The predicted molar refractivity (Wildman–Crippen MR) is 98.6 cm³/mol. The van der Waals surface area contributed by atoms with Crippen LogP contribution in [0.15, 0.2) is 50.7 Å². The lowest BCUT2D eigenvalue weighted by Crippen LogP contribution is -2.05. The lowest BCUT2D eigenvalue weighted by atomic mass is 10.1. The molecule has 0 unspecified atom stereocenters. The summed E-state index contributed by atoms with van der Waals surface area (Å²) in [4.78, 5) is 11.9. The number of aromatic hydroxyl groups is 1. The summed E-state index contributed by atoms with van der Waals surface area (Å²) in [7, 11) is 1.31. The largest absolute Gasteiger partial charge is 0.504 e. The molecule has 25 heavy (non-hydrogen) atoms. The molecule has 5 heteroatoms. The Balaban J connectivity index is 2.17. The fraction of sp³-hybridized carbons (Fsp3) is 0.350. The normalized spacial score (nSPS) is 11.4. The molecule has 0 saturated carbocycles.